The summed E-state index contributed by atoms with van der Waals surface area (Å²) >= 11 is 0. The van der Waals surface area contributed by atoms with Crippen molar-refractivity contribution in [1.82, 2.24) is 20.2 Å². The first kappa shape index (κ1) is 23.6. The number of nitrogens with zero attached hydrogens (tertiary/aromatic N) is 2. The Morgan fingerprint density at radius 2 is 2.06 bits per heavy atom. The van der Waals surface area contributed by atoms with Crippen LogP contribution in [0.4, 0.5) is 4.79 Å². The van der Waals surface area contributed by atoms with E-state index in [4.69, 9.17) is 13.9 Å². The highest BCUT2D eigenvalue weighted by atomic mass is 16.6. The monoisotopic (exact) mass is 488 g/mol. The minimum Gasteiger partial charge on any atom is -0.496 e. The SMILES string of the molecule is CNC(=O)OC1Cc2ccc(-c3cc(=O)c4cc(-c5cnco5)c(OC)cc4[nH]3)cc2[C@]1(C)N(C)C. The Morgan fingerprint density at radius 3 is 2.72 bits per heavy atom. The summed E-state index contributed by atoms with van der Waals surface area (Å²) in [6, 6.07) is 11.2. The van der Waals surface area contributed by atoms with Crippen LogP contribution in [0.15, 0.2) is 58.2 Å². The van der Waals surface area contributed by atoms with Gasteiger partial charge in [-0.25, -0.2) is 9.78 Å². The van der Waals surface area contributed by atoms with Crippen molar-refractivity contribution in [3.05, 3.63) is 70.3 Å². The Hall–Kier alpha value is -4.11. The molecule has 0 bridgehead atoms. The van der Waals surface area contributed by atoms with Crippen molar-refractivity contribution in [3.63, 3.8) is 0 Å². The summed E-state index contributed by atoms with van der Waals surface area (Å²) in [5.74, 6) is 1.09. The number of carbonyl (C=O) groups is 1. The predicted octanol–water partition coefficient (Wildman–Crippen LogP) is 3.92. The maximum atomic E-state index is 13.2. The Bertz CT molecular complexity index is 1510. The van der Waals surface area contributed by atoms with Crippen LogP contribution in [-0.2, 0) is 16.7 Å². The van der Waals surface area contributed by atoms with Gasteiger partial charge in [0, 0.05) is 36.7 Å². The molecule has 4 aromatic rings. The number of H-pyrrole nitrogens is 1. The fourth-order valence-corrected chi connectivity index (χ4v) is 4.98. The van der Waals surface area contributed by atoms with Crippen LogP contribution >= 0.6 is 0 Å². The van der Waals surface area contributed by atoms with E-state index in [0.717, 1.165) is 16.7 Å². The molecule has 0 saturated carbocycles. The van der Waals surface area contributed by atoms with Crippen LogP contribution in [0.5, 0.6) is 5.75 Å². The number of aromatic amines is 1. The van der Waals surface area contributed by atoms with Gasteiger partial charge in [0.05, 0.1) is 29.9 Å². The average molecular weight is 489 g/mol. The first-order chi connectivity index (χ1) is 17.3. The third kappa shape index (κ3) is 3.72. The number of oxazole rings is 1. The van der Waals surface area contributed by atoms with Crippen LogP contribution in [0.3, 0.4) is 0 Å². The second-order valence-electron chi connectivity index (χ2n) is 9.27. The zero-order valence-corrected chi connectivity index (χ0v) is 20.8. The zero-order valence-electron chi connectivity index (χ0n) is 20.8. The third-order valence-corrected chi connectivity index (χ3v) is 7.23. The van der Waals surface area contributed by atoms with Crippen molar-refractivity contribution in [2.45, 2.75) is 25.0 Å². The van der Waals surface area contributed by atoms with E-state index in [1.807, 2.05) is 26.2 Å². The summed E-state index contributed by atoms with van der Waals surface area (Å²) in [5, 5.41) is 3.06. The minimum atomic E-state index is -0.538. The van der Waals surface area contributed by atoms with Crippen LogP contribution in [0.1, 0.15) is 18.1 Å². The molecule has 5 rings (SSSR count). The summed E-state index contributed by atoms with van der Waals surface area (Å²) in [4.78, 5) is 34.6. The number of amides is 1. The first-order valence-electron chi connectivity index (χ1n) is 11.6. The number of carbonyl (C=O) groups excluding carboxylic acids is 1. The van der Waals surface area contributed by atoms with Crippen molar-refractivity contribution < 1.29 is 18.7 Å². The molecule has 0 radical (unpaired) electrons. The Kier molecular flexibility index (Phi) is 5.80. The van der Waals surface area contributed by atoms with Gasteiger partial charge in [0.2, 0.25) is 0 Å². The molecule has 1 aliphatic carbocycles. The maximum Gasteiger partial charge on any atom is 0.407 e. The predicted molar refractivity (Wildman–Crippen MR) is 136 cm³/mol. The number of pyridine rings is 1. The van der Waals surface area contributed by atoms with Crippen LogP contribution < -0.4 is 15.5 Å². The quantitative estimate of drug-likeness (QED) is 0.438. The van der Waals surface area contributed by atoms with Gasteiger partial charge in [0.25, 0.3) is 0 Å². The lowest BCUT2D eigenvalue weighted by Crippen LogP contribution is -2.48. The van der Waals surface area contributed by atoms with E-state index in [9.17, 15) is 9.59 Å². The zero-order chi connectivity index (χ0) is 25.6. The number of likely N-dealkylation sites (N-methyl/N-ethyl adjacent to an activating group) is 1. The summed E-state index contributed by atoms with van der Waals surface area (Å²) < 4.78 is 16.7. The fourth-order valence-electron chi connectivity index (χ4n) is 4.98. The number of rotatable bonds is 5. The van der Waals surface area contributed by atoms with Crippen LogP contribution in [0.25, 0.3) is 33.5 Å². The van der Waals surface area contributed by atoms with E-state index in [2.05, 4.69) is 33.2 Å². The lowest BCUT2D eigenvalue weighted by molar-refractivity contribution is 0.000415. The topological polar surface area (TPSA) is 110 Å². The van der Waals surface area contributed by atoms with Gasteiger partial charge in [0.15, 0.2) is 17.6 Å². The number of alkyl carbamates (subject to hydrolysis) is 1. The third-order valence-electron chi connectivity index (χ3n) is 7.23. The maximum absolute atomic E-state index is 13.2. The van der Waals surface area contributed by atoms with Gasteiger partial charge in [-0.3, -0.25) is 9.69 Å². The van der Waals surface area contributed by atoms with E-state index in [1.165, 1.54) is 6.39 Å². The number of aromatic nitrogens is 2. The number of nitrogens with one attached hydrogen (secondary N) is 2. The van der Waals surface area contributed by atoms with Gasteiger partial charge in [-0.05, 0) is 49.8 Å². The van der Waals surface area contributed by atoms with Gasteiger partial charge in [-0.2, -0.15) is 0 Å². The smallest absolute Gasteiger partial charge is 0.407 e. The Morgan fingerprint density at radius 1 is 1.25 bits per heavy atom. The standard InChI is InChI=1S/C27H28N4O5/c1-27(31(3)4)19-8-16(7-6-15(19)9-25(27)36-26(33)28-2)20-11-22(32)17-10-18(24-13-29-14-35-24)23(34-5)12-21(17)30-20/h6-8,10-14,25H,9H2,1-5H3,(H,28,33)(H,30,32)/t25?,27-/m0/s1. The molecule has 2 aromatic carbocycles. The number of methoxy groups -OCH3 is 1. The molecule has 1 aliphatic rings. The largest absolute Gasteiger partial charge is 0.496 e. The summed E-state index contributed by atoms with van der Waals surface area (Å²) in [5.41, 5.74) is 4.34. The van der Waals surface area contributed by atoms with E-state index < -0.39 is 11.6 Å². The van der Waals surface area contributed by atoms with Crippen molar-refractivity contribution in [2.75, 3.05) is 28.3 Å². The molecule has 36 heavy (non-hydrogen) atoms. The number of fused-ring (bicyclic) bond motifs is 2. The van der Waals surface area contributed by atoms with Crippen LogP contribution in [-0.4, -0.2) is 55.3 Å². The van der Waals surface area contributed by atoms with Crippen molar-refractivity contribution in [1.29, 1.82) is 0 Å². The van der Waals surface area contributed by atoms with Gasteiger partial charge in [-0.1, -0.05) is 12.1 Å². The van der Waals surface area contributed by atoms with Crippen LogP contribution in [0.2, 0.25) is 0 Å². The Balaban J connectivity index is 1.60. The second kappa shape index (κ2) is 8.83. The number of benzene rings is 2. The molecule has 0 saturated heterocycles. The number of hydrogen-bond donors (Lipinski definition) is 2. The molecule has 1 amide bonds. The van der Waals surface area contributed by atoms with Gasteiger partial charge in [0.1, 0.15) is 11.9 Å². The normalized spacial score (nSPS) is 18.9. The molecule has 2 N–H and O–H groups in total. The highest BCUT2D eigenvalue weighted by Crippen LogP contribution is 2.43. The lowest BCUT2D eigenvalue weighted by atomic mass is 9.89. The van der Waals surface area contributed by atoms with Crippen LogP contribution in [0, 0.1) is 0 Å². The molecule has 2 heterocycles. The van der Waals surface area contributed by atoms with Crippen molar-refractivity contribution >= 4 is 17.0 Å². The molecule has 9 heteroatoms. The fraction of sp³-hybridized carbons (Fsp3) is 0.296. The van der Waals surface area contributed by atoms with E-state index in [1.54, 1.807) is 38.6 Å². The van der Waals surface area contributed by atoms with E-state index in [0.29, 0.717) is 40.1 Å². The molecule has 0 spiro atoms. The van der Waals surface area contributed by atoms with Crippen molar-refractivity contribution in [3.8, 4) is 28.3 Å². The van der Waals surface area contributed by atoms with Gasteiger partial charge >= 0.3 is 6.09 Å². The minimum absolute atomic E-state index is 0.126. The van der Waals surface area contributed by atoms with Gasteiger partial charge < -0.3 is 24.2 Å². The molecule has 186 valence electrons. The summed E-state index contributed by atoms with van der Waals surface area (Å²) in [6.07, 6.45) is 2.71. The van der Waals surface area contributed by atoms with E-state index >= 15 is 0 Å². The summed E-state index contributed by atoms with van der Waals surface area (Å²) in [7, 11) is 7.06. The average Bonchev–Trinajstić information content (AvgIpc) is 3.50. The Labute approximate surface area is 208 Å². The summed E-state index contributed by atoms with van der Waals surface area (Å²) in [6.45, 7) is 2.06. The molecule has 9 nitrogen and oxygen atoms in total. The first-order valence-corrected chi connectivity index (χ1v) is 11.6. The highest BCUT2D eigenvalue weighted by molar-refractivity contribution is 5.88. The molecule has 0 aliphatic heterocycles. The molecular formula is C27H28N4O5. The number of hydrogen-bond acceptors (Lipinski definition) is 7. The molecular weight excluding hydrogens is 460 g/mol. The molecule has 1 unspecified atom stereocenters. The van der Waals surface area contributed by atoms with Gasteiger partial charge in [-0.15, -0.1) is 0 Å². The second-order valence-corrected chi connectivity index (χ2v) is 9.27. The molecule has 2 aromatic heterocycles. The molecule has 2 atom stereocenters. The van der Waals surface area contributed by atoms with E-state index in [-0.39, 0.29) is 11.5 Å². The molecule has 0 fully saturated rings. The lowest BCUT2D eigenvalue weighted by Gasteiger charge is -2.38. The highest BCUT2D eigenvalue weighted by Gasteiger charge is 2.47. The van der Waals surface area contributed by atoms with Crippen molar-refractivity contribution in [2.24, 2.45) is 0 Å². The number of ether oxygens (including phenoxy) is 2.